The van der Waals surface area contributed by atoms with Crippen LogP contribution in [0, 0.1) is 18.2 Å². The lowest BCUT2D eigenvalue weighted by molar-refractivity contribution is 0.396. The van der Waals surface area contributed by atoms with E-state index in [0.29, 0.717) is 33.1 Å². The molecule has 0 unspecified atom stereocenters. The SMILES string of the molecule is C#CCn1c(=O)[nH]c(=O)n(-c2cc(-n3c(O)c4c(c3O)CCCC4)c(F)cc2Cl)c1=O. The minimum absolute atomic E-state index is 0.263. The zero-order valence-electron chi connectivity index (χ0n) is 16.0. The van der Waals surface area contributed by atoms with Gasteiger partial charge in [0.25, 0.3) is 0 Å². The van der Waals surface area contributed by atoms with E-state index >= 15 is 0 Å². The van der Waals surface area contributed by atoms with Crippen LogP contribution in [0.25, 0.3) is 11.4 Å². The van der Waals surface area contributed by atoms with Crippen molar-refractivity contribution in [3.8, 4) is 35.5 Å². The van der Waals surface area contributed by atoms with Gasteiger partial charge in [0, 0.05) is 11.1 Å². The first-order valence-corrected chi connectivity index (χ1v) is 9.67. The highest BCUT2D eigenvalue weighted by molar-refractivity contribution is 6.32. The fourth-order valence-electron chi connectivity index (χ4n) is 3.82. The fourth-order valence-corrected chi connectivity index (χ4v) is 4.05. The second-order valence-corrected chi connectivity index (χ2v) is 7.45. The maximum absolute atomic E-state index is 14.8. The lowest BCUT2D eigenvalue weighted by Gasteiger charge is -2.14. The molecule has 0 amide bonds. The summed E-state index contributed by atoms with van der Waals surface area (Å²) >= 11 is 6.10. The molecule has 3 aromatic rings. The number of aromatic amines is 1. The van der Waals surface area contributed by atoms with Gasteiger partial charge in [-0.3, -0.25) is 4.98 Å². The number of benzene rings is 1. The number of hydrogen-bond donors (Lipinski definition) is 3. The van der Waals surface area contributed by atoms with Crippen molar-refractivity contribution in [1.82, 2.24) is 18.7 Å². The standard InChI is InChI=1S/C20H16ClFN4O5/c1-2-7-24-18(29)23-19(30)26(20(24)31)14-9-15(13(22)8-12(14)21)25-16(27)10-5-3-4-6-11(10)17(25)28/h1,8-9,27-28H,3-7H2,(H,23,29,30). The summed E-state index contributed by atoms with van der Waals surface area (Å²) in [6.07, 6.45) is 7.81. The summed E-state index contributed by atoms with van der Waals surface area (Å²) in [4.78, 5) is 39.0. The number of H-pyrrole nitrogens is 1. The zero-order valence-corrected chi connectivity index (χ0v) is 16.7. The first-order chi connectivity index (χ1) is 14.8. The van der Waals surface area contributed by atoms with Gasteiger partial charge in [0.15, 0.2) is 0 Å². The molecule has 1 aromatic carbocycles. The lowest BCUT2D eigenvalue weighted by Crippen LogP contribution is -2.48. The molecular formula is C20H16ClFN4O5. The number of fused-ring (bicyclic) bond motifs is 1. The Labute approximate surface area is 178 Å². The van der Waals surface area contributed by atoms with Gasteiger partial charge >= 0.3 is 17.1 Å². The van der Waals surface area contributed by atoms with Gasteiger partial charge in [-0.05, 0) is 37.8 Å². The van der Waals surface area contributed by atoms with Gasteiger partial charge in [-0.1, -0.05) is 17.5 Å². The first kappa shape index (κ1) is 20.6. The average molecular weight is 447 g/mol. The van der Waals surface area contributed by atoms with E-state index in [1.54, 1.807) is 0 Å². The van der Waals surface area contributed by atoms with Crippen molar-refractivity contribution in [3.05, 3.63) is 65.6 Å². The van der Waals surface area contributed by atoms with E-state index in [-0.39, 0.29) is 28.2 Å². The van der Waals surface area contributed by atoms with Crippen LogP contribution in [0.4, 0.5) is 4.39 Å². The molecule has 0 radical (unpaired) electrons. The Bertz CT molecular complexity index is 1410. The van der Waals surface area contributed by atoms with Gasteiger partial charge in [0.05, 0.1) is 22.9 Å². The highest BCUT2D eigenvalue weighted by Crippen LogP contribution is 2.42. The minimum Gasteiger partial charge on any atom is -0.494 e. The number of terminal acetylenes is 1. The molecule has 4 rings (SSSR count). The Morgan fingerprint density at radius 3 is 2.23 bits per heavy atom. The van der Waals surface area contributed by atoms with E-state index in [2.05, 4.69) is 5.92 Å². The van der Waals surface area contributed by atoms with Gasteiger partial charge < -0.3 is 10.2 Å². The number of halogens is 2. The molecule has 9 nitrogen and oxygen atoms in total. The predicted molar refractivity (Wildman–Crippen MR) is 110 cm³/mol. The Morgan fingerprint density at radius 1 is 1.03 bits per heavy atom. The molecule has 0 saturated carbocycles. The van der Waals surface area contributed by atoms with Crippen molar-refractivity contribution >= 4 is 11.6 Å². The van der Waals surface area contributed by atoms with E-state index in [1.165, 1.54) is 0 Å². The van der Waals surface area contributed by atoms with E-state index in [9.17, 15) is 29.0 Å². The van der Waals surface area contributed by atoms with Crippen LogP contribution < -0.4 is 17.1 Å². The van der Waals surface area contributed by atoms with Crippen LogP contribution in [0.15, 0.2) is 26.5 Å². The van der Waals surface area contributed by atoms with Crippen LogP contribution >= 0.6 is 11.6 Å². The minimum atomic E-state index is -1.11. The molecule has 0 atom stereocenters. The molecule has 0 aliphatic heterocycles. The van der Waals surface area contributed by atoms with Gasteiger partial charge in [0.1, 0.15) is 5.82 Å². The third-order valence-electron chi connectivity index (χ3n) is 5.26. The zero-order chi connectivity index (χ0) is 22.4. The van der Waals surface area contributed by atoms with Gasteiger partial charge in [-0.2, -0.15) is 0 Å². The van der Waals surface area contributed by atoms with Crippen molar-refractivity contribution in [2.24, 2.45) is 0 Å². The molecule has 0 bridgehead atoms. The summed E-state index contributed by atoms with van der Waals surface area (Å²) in [7, 11) is 0. The molecule has 3 N–H and O–H groups in total. The molecule has 0 fully saturated rings. The summed E-state index contributed by atoms with van der Waals surface area (Å²) in [5.74, 6) is 0.552. The van der Waals surface area contributed by atoms with Crippen molar-refractivity contribution < 1.29 is 14.6 Å². The van der Waals surface area contributed by atoms with Gasteiger partial charge in [0.2, 0.25) is 11.8 Å². The normalized spacial score (nSPS) is 13.1. The van der Waals surface area contributed by atoms with Crippen molar-refractivity contribution in [3.63, 3.8) is 0 Å². The van der Waals surface area contributed by atoms with E-state index in [0.717, 1.165) is 29.5 Å². The summed E-state index contributed by atoms with van der Waals surface area (Å²) < 4.78 is 16.9. The second-order valence-electron chi connectivity index (χ2n) is 7.05. The number of rotatable bonds is 3. The highest BCUT2D eigenvalue weighted by atomic mass is 35.5. The first-order valence-electron chi connectivity index (χ1n) is 9.30. The molecule has 160 valence electrons. The second kappa shape index (κ2) is 7.52. The molecule has 31 heavy (non-hydrogen) atoms. The maximum atomic E-state index is 14.8. The molecule has 2 aromatic heterocycles. The summed E-state index contributed by atoms with van der Waals surface area (Å²) in [6, 6.07) is 1.87. The summed E-state index contributed by atoms with van der Waals surface area (Å²) in [5, 5.41) is 20.9. The van der Waals surface area contributed by atoms with Crippen LogP contribution in [0.2, 0.25) is 5.02 Å². The number of aromatic nitrogens is 4. The largest absolute Gasteiger partial charge is 0.494 e. The third kappa shape index (κ3) is 3.14. The Hall–Kier alpha value is -3.71. The van der Waals surface area contributed by atoms with Crippen LogP contribution in [0.1, 0.15) is 24.0 Å². The monoisotopic (exact) mass is 446 g/mol. The van der Waals surface area contributed by atoms with Crippen LogP contribution in [-0.2, 0) is 19.4 Å². The summed E-state index contributed by atoms with van der Waals surface area (Å²) in [6.45, 7) is -0.411. The quantitative estimate of drug-likeness (QED) is 0.522. The maximum Gasteiger partial charge on any atom is 0.341 e. The average Bonchev–Trinajstić information content (AvgIpc) is 2.97. The Kier molecular flexibility index (Phi) is 4.99. The Balaban J connectivity index is 2.02. The molecule has 2 heterocycles. The smallest absolute Gasteiger partial charge is 0.341 e. The number of nitrogens with zero attached hydrogens (tertiary/aromatic N) is 3. The fraction of sp³-hybridized carbons (Fsp3) is 0.250. The molecule has 11 heteroatoms. The van der Waals surface area contributed by atoms with Crippen molar-refractivity contribution in [2.75, 3.05) is 0 Å². The number of hydrogen-bond acceptors (Lipinski definition) is 5. The van der Waals surface area contributed by atoms with E-state index in [1.807, 2.05) is 4.98 Å². The highest BCUT2D eigenvalue weighted by Gasteiger charge is 2.27. The topological polar surface area (TPSA) is 122 Å². The third-order valence-corrected chi connectivity index (χ3v) is 5.57. The van der Waals surface area contributed by atoms with Gasteiger partial charge in [-0.15, -0.1) is 6.42 Å². The van der Waals surface area contributed by atoms with Crippen LogP contribution in [0.3, 0.4) is 0 Å². The Morgan fingerprint density at radius 2 is 1.65 bits per heavy atom. The van der Waals surface area contributed by atoms with Gasteiger partial charge in [-0.25, -0.2) is 32.5 Å². The summed E-state index contributed by atoms with van der Waals surface area (Å²) in [5.41, 5.74) is -2.76. The molecule has 1 aliphatic rings. The molecule has 1 aliphatic carbocycles. The van der Waals surface area contributed by atoms with Crippen molar-refractivity contribution in [2.45, 2.75) is 32.2 Å². The number of aromatic hydroxyl groups is 2. The predicted octanol–water partition coefficient (Wildman–Crippen LogP) is 1.19. The van der Waals surface area contributed by atoms with E-state index < -0.39 is 29.4 Å². The van der Waals surface area contributed by atoms with Crippen molar-refractivity contribution in [1.29, 1.82) is 0 Å². The molecule has 0 spiro atoms. The lowest BCUT2D eigenvalue weighted by atomic mass is 9.95. The van der Waals surface area contributed by atoms with Crippen LogP contribution in [0.5, 0.6) is 11.8 Å². The molecular weight excluding hydrogens is 431 g/mol. The molecule has 0 saturated heterocycles. The van der Waals surface area contributed by atoms with Crippen LogP contribution in [-0.4, -0.2) is 28.9 Å². The number of nitrogens with one attached hydrogen (secondary N) is 1. The van der Waals surface area contributed by atoms with E-state index in [4.69, 9.17) is 18.0 Å².